The quantitative estimate of drug-likeness (QED) is 0.714. The van der Waals surface area contributed by atoms with E-state index in [4.69, 9.17) is 5.11 Å². The van der Waals surface area contributed by atoms with Crippen LogP contribution in [-0.4, -0.2) is 29.6 Å². The van der Waals surface area contributed by atoms with Crippen molar-refractivity contribution in [3.63, 3.8) is 0 Å². The largest absolute Gasteiger partial charge is 0.392 e. The first kappa shape index (κ1) is 15.2. The maximum absolute atomic E-state index is 11.7. The lowest BCUT2D eigenvalue weighted by Crippen LogP contribution is -2.39. The first-order valence-corrected chi connectivity index (χ1v) is 6.16. The molecule has 0 aliphatic heterocycles. The van der Waals surface area contributed by atoms with Crippen LogP contribution in [0.25, 0.3) is 0 Å². The van der Waals surface area contributed by atoms with Crippen LogP contribution in [0.15, 0.2) is 12.1 Å². The summed E-state index contributed by atoms with van der Waals surface area (Å²) in [7, 11) is 0. The van der Waals surface area contributed by atoms with Gasteiger partial charge in [0.2, 0.25) is 0 Å². The highest BCUT2D eigenvalue weighted by Crippen LogP contribution is 2.21. The predicted octanol–water partition coefficient (Wildman–Crippen LogP) is 1.05. The van der Waals surface area contributed by atoms with Gasteiger partial charge in [-0.1, -0.05) is 17.7 Å². The van der Waals surface area contributed by atoms with Crippen LogP contribution in [0.4, 0.5) is 5.69 Å². The van der Waals surface area contributed by atoms with Crippen molar-refractivity contribution < 1.29 is 14.7 Å². The fourth-order valence-corrected chi connectivity index (χ4v) is 1.87. The van der Waals surface area contributed by atoms with Crippen molar-refractivity contribution in [2.45, 2.75) is 33.8 Å². The van der Waals surface area contributed by atoms with Crippen molar-refractivity contribution in [3.05, 3.63) is 28.8 Å². The maximum atomic E-state index is 11.7. The lowest BCUT2D eigenvalue weighted by Gasteiger charge is -2.13. The summed E-state index contributed by atoms with van der Waals surface area (Å²) in [6.07, 6.45) is -0.681. The zero-order valence-electron chi connectivity index (χ0n) is 11.7. The minimum Gasteiger partial charge on any atom is -0.392 e. The van der Waals surface area contributed by atoms with Crippen LogP contribution in [-0.2, 0) is 9.59 Å². The Hall–Kier alpha value is -1.88. The van der Waals surface area contributed by atoms with Crippen molar-refractivity contribution >= 4 is 17.5 Å². The molecule has 0 aromatic heterocycles. The normalized spacial score (nSPS) is 11.8. The molecular formula is C14H20N2O3. The number of aryl methyl sites for hydroxylation is 3. The van der Waals surface area contributed by atoms with Gasteiger partial charge in [0.15, 0.2) is 0 Å². The zero-order chi connectivity index (χ0) is 14.6. The highest BCUT2D eigenvalue weighted by molar-refractivity contribution is 6.39. The number of nitrogens with one attached hydrogen (secondary N) is 2. The van der Waals surface area contributed by atoms with Crippen LogP contribution in [0.2, 0.25) is 0 Å². The van der Waals surface area contributed by atoms with Gasteiger partial charge in [-0.15, -0.1) is 0 Å². The molecule has 5 nitrogen and oxygen atoms in total. The van der Waals surface area contributed by atoms with E-state index < -0.39 is 17.9 Å². The summed E-state index contributed by atoms with van der Waals surface area (Å²) < 4.78 is 0. The molecule has 0 saturated heterocycles. The predicted molar refractivity (Wildman–Crippen MR) is 74.0 cm³/mol. The molecule has 2 amide bonds. The third-order valence-electron chi connectivity index (χ3n) is 2.68. The lowest BCUT2D eigenvalue weighted by molar-refractivity contribution is -0.136. The van der Waals surface area contributed by atoms with E-state index >= 15 is 0 Å². The Morgan fingerprint density at radius 1 is 1.16 bits per heavy atom. The highest BCUT2D eigenvalue weighted by atomic mass is 16.3. The number of carbonyl (C=O) groups is 2. The van der Waals surface area contributed by atoms with Gasteiger partial charge in [-0.05, 0) is 38.8 Å². The molecule has 3 N–H and O–H groups in total. The summed E-state index contributed by atoms with van der Waals surface area (Å²) in [4.78, 5) is 23.2. The monoisotopic (exact) mass is 264 g/mol. The summed E-state index contributed by atoms with van der Waals surface area (Å²) in [6.45, 7) is 7.32. The smallest absolute Gasteiger partial charge is 0.313 e. The number of hydrogen-bond donors (Lipinski definition) is 3. The SMILES string of the molecule is Cc1cc(C)c(NC(=O)C(=O)NC[C@@H](C)O)c(C)c1. The van der Waals surface area contributed by atoms with Gasteiger partial charge in [0, 0.05) is 12.2 Å². The van der Waals surface area contributed by atoms with Crippen LogP contribution in [0.3, 0.4) is 0 Å². The van der Waals surface area contributed by atoms with E-state index in [1.54, 1.807) is 0 Å². The summed E-state index contributed by atoms with van der Waals surface area (Å²) in [5.74, 6) is -1.48. The van der Waals surface area contributed by atoms with Gasteiger partial charge in [0.1, 0.15) is 0 Å². The summed E-state index contributed by atoms with van der Waals surface area (Å²) >= 11 is 0. The number of amides is 2. The summed E-state index contributed by atoms with van der Waals surface area (Å²) in [6, 6.07) is 3.88. The molecule has 0 unspecified atom stereocenters. The number of anilines is 1. The minimum absolute atomic E-state index is 0.0537. The second kappa shape index (κ2) is 6.33. The first-order valence-electron chi connectivity index (χ1n) is 6.16. The van der Waals surface area contributed by atoms with E-state index in [2.05, 4.69) is 10.6 Å². The average Bonchev–Trinajstić information content (AvgIpc) is 2.30. The molecule has 1 atom stereocenters. The van der Waals surface area contributed by atoms with Crippen molar-refractivity contribution in [2.75, 3.05) is 11.9 Å². The third-order valence-corrected chi connectivity index (χ3v) is 2.68. The van der Waals surface area contributed by atoms with Crippen LogP contribution >= 0.6 is 0 Å². The van der Waals surface area contributed by atoms with Crippen LogP contribution in [0.1, 0.15) is 23.6 Å². The molecule has 0 aliphatic carbocycles. The van der Waals surface area contributed by atoms with E-state index in [-0.39, 0.29) is 6.54 Å². The van der Waals surface area contributed by atoms with Gasteiger partial charge in [0.05, 0.1) is 6.10 Å². The Labute approximate surface area is 113 Å². The molecule has 0 heterocycles. The van der Waals surface area contributed by atoms with E-state index in [1.165, 1.54) is 6.92 Å². The number of aliphatic hydroxyl groups excluding tert-OH is 1. The van der Waals surface area contributed by atoms with Gasteiger partial charge in [-0.25, -0.2) is 0 Å². The fraction of sp³-hybridized carbons (Fsp3) is 0.429. The molecule has 1 aromatic rings. The van der Waals surface area contributed by atoms with Crippen LogP contribution < -0.4 is 10.6 Å². The molecule has 104 valence electrons. The van der Waals surface area contributed by atoms with E-state index in [1.807, 2.05) is 32.9 Å². The Bertz CT molecular complexity index is 472. The lowest BCUT2D eigenvalue weighted by atomic mass is 10.1. The van der Waals surface area contributed by atoms with E-state index in [9.17, 15) is 9.59 Å². The number of benzene rings is 1. The number of rotatable bonds is 3. The second-order valence-electron chi connectivity index (χ2n) is 4.79. The average molecular weight is 264 g/mol. The van der Waals surface area contributed by atoms with Gasteiger partial charge in [-0.3, -0.25) is 9.59 Å². The molecule has 0 fully saturated rings. The molecule has 0 saturated carbocycles. The Morgan fingerprint density at radius 2 is 1.68 bits per heavy atom. The Morgan fingerprint density at radius 3 is 2.16 bits per heavy atom. The first-order chi connectivity index (χ1) is 8.81. The fourth-order valence-electron chi connectivity index (χ4n) is 1.87. The van der Waals surface area contributed by atoms with Gasteiger partial charge in [0.25, 0.3) is 0 Å². The van der Waals surface area contributed by atoms with Crippen molar-refractivity contribution in [3.8, 4) is 0 Å². The topological polar surface area (TPSA) is 78.4 Å². The van der Waals surface area contributed by atoms with Gasteiger partial charge in [-0.2, -0.15) is 0 Å². The van der Waals surface area contributed by atoms with Crippen LogP contribution in [0, 0.1) is 20.8 Å². The van der Waals surface area contributed by atoms with E-state index in [0.717, 1.165) is 16.7 Å². The third kappa shape index (κ3) is 4.37. The molecule has 0 bridgehead atoms. The van der Waals surface area contributed by atoms with Gasteiger partial charge < -0.3 is 15.7 Å². The number of carbonyl (C=O) groups excluding carboxylic acids is 2. The summed E-state index contributed by atoms with van der Waals surface area (Å²) in [5, 5.41) is 14.0. The molecule has 1 rings (SSSR count). The van der Waals surface area contributed by atoms with Crippen molar-refractivity contribution in [1.82, 2.24) is 5.32 Å². The molecule has 0 radical (unpaired) electrons. The Balaban J connectivity index is 2.75. The molecular weight excluding hydrogens is 244 g/mol. The molecule has 5 heteroatoms. The molecule has 1 aromatic carbocycles. The highest BCUT2D eigenvalue weighted by Gasteiger charge is 2.16. The molecule has 0 aliphatic rings. The molecule has 0 spiro atoms. The summed E-state index contributed by atoms with van der Waals surface area (Å²) in [5.41, 5.74) is 3.58. The van der Waals surface area contributed by atoms with Crippen molar-refractivity contribution in [2.24, 2.45) is 0 Å². The van der Waals surface area contributed by atoms with Crippen molar-refractivity contribution in [1.29, 1.82) is 0 Å². The zero-order valence-corrected chi connectivity index (χ0v) is 11.7. The number of aliphatic hydroxyl groups is 1. The maximum Gasteiger partial charge on any atom is 0.313 e. The second-order valence-corrected chi connectivity index (χ2v) is 4.79. The number of hydrogen-bond acceptors (Lipinski definition) is 3. The van der Waals surface area contributed by atoms with Crippen LogP contribution in [0.5, 0.6) is 0 Å². The van der Waals surface area contributed by atoms with E-state index in [0.29, 0.717) is 5.69 Å². The minimum atomic E-state index is -0.750. The van der Waals surface area contributed by atoms with Gasteiger partial charge >= 0.3 is 11.8 Å². The molecule has 19 heavy (non-hydrogen) atoms. The Kier molecular flexibility index (Phi) is 5.06. The standard InChI is InChI=1S/C14H20N2O3/c1-8-5-9(2)12(10(3)6-8)16-14(19)13(18)15-7-11(4)17/h5-6,11,17H,7H2,1-4H3,(H,15,18)(H,16,19)/t11-/m1/s1.